The largest absolute Gasteiger partial charge is 0.501 e. The fourth-order valence-corrected chi connectivity index (χ4v) is 2.44. The molecule has 0 bridgehead atoms. The molecule has 8 heteroatoms. The number of rotatable bonds is 4. The maximum absolute atomic E-state index is 12.1. The maximum Gasteiger partial charge on any atom is 0.274 e. The van der Waals surface area contributed by atoms with E-state index in [2.05, 4.69) is 15.3 Å². The van der Waals surface area contributed by atoms with Crippen LogP contribution in [0.1, 0.15) is 16.2 Å². The molecule has 0 aliphatic carbocycles. The van der Waals surface area contributed by atoms with Gasteiger partial charge < -0.3 is 19.9 Å². The van der Waals surface area contributed by atoms with Crippen LogP contribution in [0.4, 0.5) is 0 Å². The van der Waals surface area contributed by atoms with Gasteiger partial charge in [-0.15, -0.1) is 11.3 Å². The third-order valence-corrected chi connectivity index (χ3v) is 3.69. The molecule has 3 rings (SSSR count). The second-order valence-corrected chi connectivity index (χ2v) is 5.26. The summed E-state index contributed by atoms with van der Waals surface area (Å²) in [4.78, 5) is 20.6. The number of nitrogens with one attached hydrogen (secondary N) is 1. The van der Waals surface area contributed by atoms with E-state index in [1.807, 2.05) is 5.38 Å². The van der Waals surface area contributed by atoms with Crippen molar-refractivity contribution in [2.45, 2.75) is 6.54 Å². The van der Waals surface area contributed by atoms with Crippen molar-refractivity contribution >= 4 is 17.2 Å². The summed E-state index contributed by atoms with van der Waals surface area (Å²) in [5.74, 6) is -1.19. The molecule has 22 heavy (non-hydrogen) atoms. The van der Waals surface area contributed by atoms with Crippen LogP contribution in [0.2, 0.25) is 0 Å². The van der Waals surface area contributed by atoms with E-state index in [1.54, 1.807) is 24.3 Å². The second kappa shape index (κ2) is 5.86. The Labute approximate surface area is 128 Å². The number of thiophene rings is 1. The van der Waals surface area contributed by atoms with E-state index in [4.69, 9.17) is 4.42 Å². The smallest absolute Gasteiger partial charge is 0.274 e. The Balaban J connectivity index is 1.87. The van der Waals surface area contributed by atoms with E-state index in [1.165, 1.54) is 17.6 Å². The van der Waals surface area contributed by atoms with E-state index in [-0.39, 0.29) is 18.1 Å². The van der Waals surface area contributed by atoms with Crippen molar-refractivity contribution in [1.29, 1.82) is 0 Å². The average Bonchev–Trinajstić information content (AvgIpc) is 3.20. The molecular formula is C14H11N3O4S. The Bertz CT molecular complexity index is 785. The van der Waals surface area contributed by atoms with Crippen molar-refractivity contribution in [1.82, 2.24) is 15.3 Å². The summed E-state index contributed by atoms with van der Waals surface area (Å²) in [6.07, 6.45) is 1.49. The predicted octanol–water partition coefficient (Wildman–Crippen LogP) is 2.14. The van der Waals surface area contributed by atoms with Gasteiger partial charge in [0.2, 0.25) is 5.75 Å². The quantitative estimate of drug-likeness (QED) is 0.680. The number of aromatic nitrogens is 2. The number of nitrogens with zero attached hydrogens (tertiary/aromatic N) is 2. The second-order valence-electron chi connectivity index (χ2n) is 4.31. The van der Waals surface area contributed by atoms with Gasteiger partial charge in [-0.3, -0.25) is 4.79 Å². The highest BCUT2D eigenvalue weighted by Crippen LogP contribution is 2.30. The number of aromatic hydroxyl groups is 2. The summed E-state index contributed by atoms with van der Waals surface area (Å²) in [7, 11) is 0. The Morgan fingerprint density at radius 1 is 1.27 bits per heavy atom. The molecule has 0 aliphatic rings. The van der Waals surface area contributed by atoms with Crippen LogP contribution in [0.15, 0.2) is 40.3 Å². The molecule has 0 saturated carbocycles. The van der Waals surface area contributed by atoms with Gasteiger partial charge in [0.1, 0.15) is 5.76 Å². The lowest BCUT2D eigenvalue weighted by Gasteiger charge is -2.07. The van der Waals surface area contributed by atoms with Crippen LogP contribution in [0.25, 0.3) is 10.7 Å². The van der Waals surface area contributed by atoms with Gasteiger partial charge in [0.05, 0.1) is 17.7 Å². The van der Waals surface area contributed by atoms with Crippen molar-refractivity contribution in [3.8, 4) is 22.3 Å². The molecule has 1 amide bonds. The summed E-state index contributed by atoms with van der Waals surface area (Å²) in [6.45, 7) is 0.143. The lowest BCUT2D eigenvalue weighted by molar-refractivity contribution is 0.0939. The molecule has 3 aromatic rings. The number of furan rings is 1. The molecule has 0 aliphatic heterocycles. The molecule has 3 N–H and O–H groups in total. The van der Waals surface area contributed by atoms with E-state index >= 15 is 0 Å². The van der Waals surface area contributed by atoms with Gasteiger partial charge >= 0.3 is 0 Å². The average molecular weight is 317 g/mol. The third kappa shape index (κ3) is 2.77. The van der Waals surface area contributed by atoms with Crippen molar-refractivity contribution in [3.63, 3.8) is 0 Å². The zero-order valence-corrected chi connectivity index (χ0v) is 12.0. The SMILES string of the molecule is O=C(NCc1ccco1)c1nc(-c2cccs2)nc(O)c1O. The molecule has 0 atom stereocenters. The van der Waals surface area contributed by atoms with Crippen LogP contribution >= 0.6 is 11.3 Å². The van der Waals surface area contributed by atoms with Crippen molar-refractivity contribution in [3.05, 3.63) is 47.4 Å². The molecule has 0 spiro atoms. The van der Waals surface area contributed by atoms with Crippen molar-refractivity contribution in [2.75, 3.05) is 0 Å². The minimum Gasteiger partial charge on any atom is -0.501 e. The van der Waals surface area contributed by atoms with Gasteiger partial charge in [-0.05, 0) is 23.6 Å². The van der Waals surface area contributed by atoms with Gasteiger partial charge in [0, 0.05) is 0 Å². The summed E-state index contributed by atoms with van der Waals surface area (Å²) in [5, 5.41) is 23.8. The van der Waals surface area contributed by atoms with Gasteiger partial charge in [0.15, 0.2) is 11.5 Å². The molecule has 0 aromatic carbocycles. The number of carbonyl (C=O) groups is 1. The fourth-order valence-electron chi connectivity index (χ4n) is 1.78. The molecule has 0 saturated heterocycles. The van der Waals surface area contributed by atoms with Crippen LogP contribution in [0.3, 0.4) is 0 Å². The summed E-state index contributed by atoms with van der Waals surface area (Å²) >= 11 is 1.36. The van der Waals surface area contributed by atoms with Crippen LogP contribution in [0, 0.1) is 0 Å². The first-order valence-electron chi connectivity index (χ1n) is 6.29. The molecule has 0 unspecified atom stereocenters. The highest BCUT2D eigenvalue weighted by molar-refractivity contribution is 7.13. The standard InChI is InChI=1S/C14H11N3O4S/c18-11-10(13(19)15-7-8-3-1-5-21-8)16-12(17-14(11)20)9-4-2-6-22-9/h1-6,18H,7H2,(H,15,19)(H,16,17,20). The van der Waals surface area contributed by atoms with Crippen molar-refractivity contribution in [2.24, 2.45) is 0 Å². The first kappa shape index (κ1) is 14.1. The molecule has 112 valence electrons. The zero-order valence-electron chi connectivity index (χ0n) is 11.2. The predicted molar refractivity (Wildman–Crippen MR) is 78.6 cm³/mol. The van der Waals surface area contributed by atoms with Crippen molar-refractivity contribution < 1.29 is 19.4 Å². The monoisotopic (exact) mass is 317 g/mol. The first-order chi connectivity index (χ1) is 10.6. The summed E-state index contributed by atoms with van der Waals surface area (Å²) < 4.78 is 5.10. The van der Waals surface area contributed by atoms with E-state index in [0.717, 1.165) is 0 Å². The summed E-state index contributed by atoms with van der Waals surface area (Å²) in [5.41, 5.74) is -0.289. The maximum atomic E-state index is 12.1. The number of hydrogen-bond acceptors (Lipinski definition) is 7. The van der Waals surface area contributed by atoms with Gasteiger partial charge in [0.25, 0.3) is 11.8 Å². The van der Waals surface area contributed by atoms with Crippen LogP contribution in [0.5, 0.6) is 11.6 Å². The fraction of sp³-hybridized carbons (Fsp3) is 0.0714. The highest BCUT2D eigenvalue weighted by atomic mass is 32.1. The minimum absolute atomic E-state index is 0.143. The number of carbonyl (C=O) groups excluding carboxylic acids is 1. The Morgan fingerprint density at radius 2 is 2.14 bits per heavy atom. The zero-order chi connectivity index (χ0) is 15.5. The van der Waals surface area contributed by atoms with E-state index in [9.17, 15) is 15.0 Å². The van der Waals surface area contributed by atoms with Gasteiger partial charge in [-0.25, -0.2) is 4.98 Å². The normalized spacial score (nSPS) is 10.5. The topological polar surface area (TPSA) is 108 Å². The molecule has 0 radical (unpaired) electrons. The Kier molecular flexibility index (Phi) is 3.75. The van der Waals surface area contributed by atoms with Crippen LogP contribution in [-0.2, 0) is 6.54 Å². The van der Waals surface area contributed by atoms with E-state index in [0.29, 0.717) is 10.6 Å². The molecule has 0 fully saturated rings. The molecule has 7 nitrogen and oxygen atoms in total. The van der Waals surface area contributed by atoms with Crippen LogP contribution < -0.4 is 5.32 Å². The minimum atomic E-state index is -0.655. The molecule has 3 heterocycles. The van der Waals surface area contributed by atoms with Crippen LogP contribution in [-0.4, -0.2) is 26.1 Å². The third-order valence-electron chi connectivity index (χ3n) is 2.83. The lowest BCUT2D eigenvalue weighted by Crippen LogP contribution is -2.24. The highest BCUT2D eigenvalue weighted by Gasteiger charge is 2.20. The van der Waals surface area contributed by atoms with Gasteiger partial charge in [-0.2, -0.15) is 4.98 Å². The Hall–Kier alpha value is -2.87. The molecular weight excluding hydrogens is 306 g/mol. The first-order valence-corrected chi connectivity index (χ1v) is 7.17. The number of amides is 1. The Morgan fingerprint density at radius 3 is 2.82 bits per heavy atom. The summed E-state index contributed by atoms with van der Waals surface area (Å²) in [6, 6.07) is 6.95. The number of hydrogen-bond donors (Lipinski definition) is 3. The molecule has 3 aromatic heterocycles. The van der Waals surface area contributed by atoms with Gasteiger partial charge in [-0.1, -0.05) is 6.07 Å². The lowest BCUT2D eigenvalue weighted by atomic mass is 10.3. The van der Waals surface area contributed by atoms with E-state index < -0.39 is 17.5 Å².